The molecule has 0 aliphatic rings. The van der Waals surface area contributed by atoms with Crippen LogP contribution in [0.3, 0.4) is 0 Å². The number of pyridine rings is 1. The highest BCUT2D eigenvalue weighted by molar-refractivity contribution is 5.83. The minimum Gasteiger partial charge on any atom is -0.325 e. The van der Waals surface area contributed by atoms with Crippen molar-refractivity contribution < 1.29 is 4.92 Å². The Kier molecular flexibility index (Phi) is 3.74. The van der Waals surface area contributed by atoms with Gasteiger partial charge in [0, 0.05) is 24.0 Å². The summed E-state index contributed by atoms with van der Waals surface area (Å²) in [5, 5.41) is 10.7. The van der Waals surface area contributed by atoms with E-state index in [1.54, 1.807) is 26.0 Å². The molecule has 0 aliphatic heterocycles. The summed E-state index contributed by atoms with van der Waals surface area (Å²) in [5.41, 5.74) is 2.11. The van der Waals surface area contributed by atoms with Gasteiger partial charge in [-0.3, -0.25) is 19.9 Å². The number of aryl methyl sites for hydroxylation is 2. The second-order valence-corrected chi connectivity index (χ2v) is 4.42. The highest BCUT2D eigenvalue weighted by Crippen LogP contribution is 2.15. The molecule has 0 amide bonds. The number of aliphatic imine (C=N–C) groups is 1. The summed E-state index contributed by atoms with van der Waals surface area (Å²) >= 11 is 0. The topological polar surface area (TPSA) is 88.4 Å². The average molecular weight is 271 g/mol. The lowest BCUT2D eigenvalue weighted by atomic mass is 10.2. The summed E-state index contributed by atoms with van der Waals surface area (Å²) in [6, 6.07) is 7.89. The van der Waals surface area contributed by atoms with E-state index >= 15 is 0 Å². The summed E-state index contributed by atoms with van der Waals surface area (Å²) < 4.78 is 0. The molecule has 20 heavy (non-hydrogen) atoms. The molecule has 1 aromatic heterocycles. The second-order valence-electron chi connectivity index (χ2n) is 4.42. The van der Waals surface area contributed by atoms with E-state index in [-0.39, 0.29) is 11.2 Å². The number of aromatic nitrogens is 1. The maximum Gasteiger partial charge on any atom is 0.274 e. The van der Waals surface area contributed by atoms with Gasteiger partial charge in [-0.15, -0.1) is 0 Å². The predicted octanol–water partition coefficient (Wildman–Crippen LogP) is 2.65. The second kappa shape index (κ2) is 5.48. The summed E-state index contributed by atoms with van der Waals surface area (Å²) in [4.78, 5) is 28.8. The van der Waals surface area contributed by atoms with Crippen LogP contribution in [0.1, 0.15) is 16.8 Å². The predicted molar refractivity (Wildman–Crippen MR) is 76.9 cm³/mol. The number of rotatable bonds is 3. The minimum absolute atomic E-state index is 0.0107. The molecule has 0 atom stereocenters. The van der Waals surface area contributed by atoms with Crippen LogP contribution in [0.4, 0.5) is 11.4 Å². The van der Waals surface area contributed by atoms with Crippen molar-refractivity contribution >= 4 is 17.6 Å². The number of nitrogens with zero attached hydrogens (tertiary/aromatic N) is 2. The van der Waals surface area contributed by atoms with Crippen LogP contribution in [0.15, 0.2) is 40.1 Å². The smallest absolute Gasteiger partial charge is 0.274 e. The molecule has 0 saturated carbocycles. The Balaban J connectivity index is 2.37. The fraction of sp³-hybridized carbons (Fsp3) is 0.143. The van der Waals surface area contributed by atoms with E-state index in [0.29, 0.717) is 11.3 Å². The molecule has 102 valence electrons. The zero-order valence-corrected chi connectivity index (χ0v) is 11.1. The summed E-state index contributed by atoms with van der Waals surface area (Å²) in [7, 11) is 0. The fourth-order valence-electron chi connectivity index (χ4n) is 1.86. The molecule has 0 fully saturated rings. The molecule has 0 bridgehead atoms. The molecular formula is C14H13N3O3. The quantitative estimate of drug-likeness (QED) is 0.528. The number of hydrogen-bond donors (Lipinski definition) is 1. The van der Waals surface area contributed by atoms with Crippen LogP contribution in [0, 0.1) is 24.0 Å². The van der Waals surface area contributed by atoms with Crippen LogP contribution in [0.2, 0.25) is 0 Å². The van der Waals surface area contributed by atoms with Gasteiger partial charge in [0.05, 0.1) is 4.92 Å². The standard InChI is InChI=1S/C14H13N3O3/c1-9-6-10(2)16-14(18)13(9)15-8-11-4-3-5-12(7-11)17(19)20/h3-8H,1-2H3,(H,16,18). The van der Waals surface area contributed by atoms with Crippen LogP contribution < -0.4 is 5.56 Å². The highest BCUT2D eigenvalue weighted by Gasteiger charge is 2.05. The minimum atomic E-state index is -0.471. The highest BCUT2D eigenvalue weighted by atomic mass is 16.6. The van der Waals surface area contributed by atoms with Crippen molar-refractivity contribution in [2.24, 2.45) is 4.99 Å². The van der Waals surface area contributed by atoms with Gasteiger partial charge < -0.3 is 4.98 Å². The van der Waals surface area contributed by atoms with Gasteiger partial charge >= 0.3 is 0 Å². The van der Waals surface area contributed by atoms with E-state index in [9.17, 15) is 14.9 Å². The summed E-state index contributed by atoms with van der Waals surface area (Å²) in [6.45, 7) is 3.59. The molecular weight excluding hydrogens is 258 g/mol. The Morgan fingerprint density at radius 2 is 2.05 bits per heavy atom. The zero-order valence-electron chi connectivity index (χ0n) is 11.1. The lowest BCUT2D eigenvalue weighted by Gasteiger charge is -2.00. The number of hydrogen-bond acceptors (Lipinski definition) is 4. The van der Waals surface area contributed by atoms with Crippen LogP contribution in [-0.4, -0.2) is 16.1 Å². The van der Waals surface area contributed by atoms with Crippen molar-refractivity contribution in [3.63, 3.8) is 0 Å². The number of benzene rings is 1. The third-order valence-corrected chi connectivity index (χ3v) is 2.76. The normalized spacial score (nSPS) is 10.9. The Morgan fingerprint density at radius 3 is 2.70 bits per heavy atom. The first-order valence-corrected chi connectivity index (χ1v) is 5.96. The summed E-state index contributed by atoms with van der Waals surface area (Å²) in [5.74, 6) is 0. The number of non-ortho nitro benzene ring substituents is 1. The first-order chi connectivity index (χ1) is 9.47. The molecule has 2 aromatic rings. The molecule has 0 radical (unpaired) electrons. The monoisotopic (exact) mass is 271 g/mol. The Labute approximate surface area is 115 Å². The van der Waals surface area contributed by atoms with Crippen molar-refractivity contribution in [3.8, 4) is 0 Å². The molecule has 0 saturated heterocycles. The van der Waals surface area contributed by atoms with Gasteiger partial charge in [0.1, 0.15) is 5.69 Å². The molecule has 0 spiro atoms. The molecule has 6 heteroatoms. The Bertz CT molecular complexity index is 748. The maximum atomic E-state index is 11.8. The molecule has 1 heterocycles. The average Bonchev–Trinajstić information content (AvgIpc) is 2.37. The number of aromatic amines is 1. The fourth-order valence-corrected chi connectivity index (χ4v) is 1.86. The number of nitrogens with one attached hydrogen (secondary N) is 1. The molecule has 1 N–H and O–H groups in total. The van der Waals surface area contributed by atoms with E-state index in [2.05, 4.69) is 9.98 Å². The molecule has 0 unspecified atom stereocenters. The molecule has 6 nitrogen and oxygen atoms in total. The third kappa shape index (κ3) is 2.97. The van der Waals surface area contributed by atoms with Gasteiger partial charge in [-0.1, -0.05) is 12.1 Å². The Morgan fingerprint density at radius 1 is 1.30 bits per heavy atom. The van der Waals surface area contributed by atoms with Gasteiger partial charge in [-0.25, -0.2) is 0 Å². The molecule has 1 aromatic carbocycles. The first kappa shape index (κ1) is 13.7. The van der Waals surface area contributed by atoms with Crippen LogP contribution >= 0.6 is 0 Å². The number of nitro benzene ring substituents is 1. The van der Waals surface area contributed by atoms with Crippen LogP contribution in [0.5, 0.6) is 0 Å². The lowest BCUT2D eigenvalue weighted by Crippen LogP contribution is -2.08. The lowest BCUT2D eigenvalue weighted by molar-refractivity contribution is -0.384. The number of H-pyrrole nitrogens is 1. The summed E-state index contributed by atoms with van der Waals surface area (Å²) in [6.07, 6.45) is 1.44. The van der Waals surface area contributed by atoms with E-state index in [0.717, 1.165) is 11.3 Å². The Hall–Kier alpha value is -2.76. The van der Waals surface area contributed by atoms with Crippen LogP contribution in [-0.2, 0) is 0 Å². The molecule has 2 rings (SSSR count). The first-order valence-electron chi connectivity index (χ1n) is 5.96. The van der Waals surface area contributed by atoms with Gasteiger partial charge in [0.25, 0.3) is 11.2 Å². The van der Waals surface area contributed by atoms with Crippen LogP contribution in [0.25, 0.3) is 0 Å². The van der Waals surface area contributed by atoms with Gasteiger partial charge in [-0.2, -0.15) is 0 Å². The van der Waals surface area contributed by atoms with Gasteiger partial charge in [-0.05, 0) is 31.0 Å². The SMILES string of the molecule is Cc1cc(C)c(N=Cc2cccc([N+](=O)[O-])c2)c(=O)[nH]1. The molecule has 0 aliphatic carbocycles. The third-order valence-electron chi connectivity index (χ3n) is 2.76. The van der Waals surface area contributed by atoms with Crippen molar-refractivity contribution in [1.82, 2.24) is 4.98 Å². The van der Waals surface area contributed by atoms with Crippen molar-refractivity contribution in [1.29, 1.82) is 0 Å². The van der Waals surface area contributed by atoms with Crippen molar-refractivity contribution in [3.05, 3.63) is 67.6 Å². The van der Waals surface area contributed by atoms with E-state index < -0.39 is 4.92 Å². The maximum absolute atomic E-state index is 11.8. The van der Waals surface area contributed by atoms with E-state index in [1.165, 1.54) is 18.3 Å². The van der Waals surface area contributed by atoms with E-state index in [1.807, 2.05) is 6.07 Å². The van der Waals surface area contributed by atoms with Gasteiger partial charge in [0.15, 0.2) is 0 Å². The van der Waals surface area contributed by atoms with E-state index in [4.69, 9.17) is 0 Å². The van der Waals surface area contributed by atoms with Crippen molar-refractivity contribution in [2.75, 3.05) is 0 Å². The van der Waals surface area contributed by atoms with Gasteiger partial charge in [0.2, 0.25) is 0 Å². The zero-order chi connectivity index (χ0) is 14.7. The number of nitro groups is 1. The van der Waals surface area contributed by atoms with Crippen molar-refractivity contribution in [2.45, 2.75) is 13.8 Å². The largest absolute Gasteiger partial charge is 0.325 e.